The van der Waals surface area contributed by atoms with Gasteiger partial charge in [0.2, 0.25) is 0 Å². The fourth-order valence-corrected chi connectivity index (χ4v) is 0.850. The Morgan fingerprint density at radius 2 is 2.00 bits per heavy atom. The van der Waals surface area contributed by atoms with Gasteiger partial charge in [-0.2, -0.15) is 13.2 Å². The Bertz CT molecular complexity index is 171. The van der Waals surface area contributed by atoms with Crippen LogP contribution in [0.2, 0.25) is 0 Å². The van der Waals surface area contributed by atoms with Crippen molar-refractivity contribution < 1.29 is 18.3 Å². The summed E-state index contributed by atoms with van der Waals surface area (Å²) in [6, 6.07) is 0. The van der Waals surface area contributed by atoms with E-state index in [9.17, 15) is 13.2 Å². The molecule has 13 heavy (non-hydrogen) atoms. The third-order valence-corrected chi connectivity index (χ3v) is 1.21. The monoisotopic (exact) mass is 199 g/mol. The van der Waals surface area contributed by atoms with Gasteiger partial charge in [0.25, 0.3) is 0 Å². The van der Waals surface area contributed by atoms with Gasteiger partial charge in [-0.1, -0.05) is 0 Å². The third-order valence-electron chi connectivity index (χ3n) is 1.21. The molecule has 4 nitrogen and oxygen atoms in total. The minimum absolute atomic E-state index is 0.140. The molecule has 0 fully saturated rings. The number of nitrogens with one attached hydrogen (secondary N) is 1. The number of aliphatic hydroxyl groups excluding tert-OH is 1. The van der Waals surface area contributed by atoms with Gasteiger partial charge in [-0.25, -0.2) is 0 Å². The molecule has 0 aromatic carbocycles. The molecule has 4 N–H and O–H groups in total. The summed E-state index contributed by atoms with van der Waals surface area (Å²) in [7, 11) is 0. The van der Waals surface area contributed by atoms with Crippen molar-refractivity contribution in [2.75, 3.05) is 26.2 Å². The molecule has 0 unspecified atom stereocenters. The van der Waals surface area contributed by atoms with Crippen molar-refractivity contribution in [3.8, 4) is 0 Å². The van der Waals surface area contributed by atoms with Crippen LogP contribution in [0.5, 0.6) is 0 Å². The van der Waals surface area contributed by atoms with Crippen molar-refractivity contribution in [3.05, 3.63) is 0 Å². The number of rotatable bonds is 5. The fraction of sp³-hybridized carbons (Fsp3) is 0.833. The SMILES string of the molecule is N=C(N)CN(CCO)CC(F)(F)F. The Labute approximate surface area is 73.6 Å². The first-order chi connectivity index (χ1) is 5.85. The van der Waals surface area contributed by atoms with E-state index in [0.29, 0.717) is 0 Å². The van der Waals surface area contributed by atoms with Crippen LogP contribution >= 0.6 is 0 Å². The summed E-state index contributed by atoms with van der Waals surface area (Å²) in [5.74, 6) is -0.349. The first kappa shape index (κ1) is 12.2. The summed E-state index contributed by atoms with van der Waals surface area (Å²) in [4.78, 5) is 0.863. The van der Waals surface area contributed by atoms with Crippen molar-refractivity contribution in [2.24, 2.45) is 5.73 Å². The zero-order chi connectivity index (χ0) is 10.5. The summed E-state index contributed by atoms with van der Waals surface area (Å²) < 4.78 is 35.5. The zero-order valence-corrected chi connectivity index (χ0v) is 6.93. The molecule has 0 heterocycles. The molecule has 0 atom stereocenters. The van der Waals surface area contributed by atoms with E-state index in [-0.39, 0.29) is 25.5 Å². The van der Waals surface area contributed by atoms with E-state index < -0.39 is 12.7 Å². The first-order valence-corrected chi connectivity index (χ1v) is 3.58. The molecule has 7 heteroatoms. The maximum atomic E-state index is 11.8. The number of amidine groups is 1. The van der Waals surface area contributed by atoms with E-state index in [1.807, 2.05) is 0 Å². The van der Waals surface area contributed by atoms with E-state index in [1.54, 1.807) is 0 Å². The second-order valence-corrected chi connectivity index (χ2v) is 2.57. The molecular weight excluding hydrogens is 187 g/mol. The second kappa shape index (κ2) is 5.03. The Morgan fingerprint density at radius 1 is 1.46 bits per heavy atom. The lowest BCUT2D eigenvalue weighted by Gasteiger charge is -2.21. The number of hydrogen-bond donors (Lipinski definition) is 3. The Morgan fingerprint density at radius 3 is 2.31 bits per heavy atom. The second-order valence-electron chi connectivity index (χ2n) is 2.57. The van der Waals surface area contributed by atoms with E-state index in [1.165, 1.54) is 0 Å². The summed E-state index contributed by atoms with van der Waals surface area (Å²) in [6.45, 7) is -1.96. The largest absolute Gasteiger partial charge is 0.401 e. The highest BCUT2D eigenvalue weighted by atomic mass is 19.4. The summed E-state index contributed by atoms with van der Waals surface area (Å²) in [6.07, 6.45) is -4.33. The molecule has 0 radical (unpaired) electrons. The molecule has 0 aromatic rings. The van der Waals surface area contributed by atoms with Gasteiger partial charge in [-0.15, -0.1) is 0 Å². The first-order valence-electron chi connectivity index (χ1n) is 3.58. The van der Waals surface area contributed by atoms with Crippen LogP contribution in [0.4, 0.5) is 13.2 Å². The van der Waals surface area contributed by atoms with Gasteiger partial charge in [0, 0.05) is 6.54 Å². The van der Waals surface area contributed by atoms with Crippen LogP contribution in [0.3, 0.4) is 0 Å². The van der Waals surface area contributed by atoms with E-state index >= 15 is 0 Å². The predicted octanol–water partition coefficient (Wildman–Crippen LogP) is -0.221. The van der Waals surface area contributed by atoms with Crippen LogP contribution in [0.1, 0.15) is 0 Å². The minimum Gasteiger partial charge on any atom is -0.395 e. The maximum Gasteiger partial charge on any atom is 0.401 e. The standard InChI is InChI=1S/C6H12F3N3O/c7-6(8,9)4-12(1-2-13)3-5(10)11/h13H,1-4H2,(H3,10,11). The van der Waals surface area contributed by atoms with Gasteiger partial charge >= 0.3 is 6.18 Å². The molecular formula is C6H12F3N3O. The number of nitrogens with zero attached hydrogens (tertiary/aromatic N) is 1. The van der Waals surface area contributed by atoms with Crippen molar-refractivity contribution in [3.63, 3.8) is 0 Å². The number of nitrogens with two attached hydrogens (primary N) is 1. The molecule has 0 rings (SSSR count). The Balaban J connectivity index is 4.01. The maximum absolute atomic E-state index is 11.8. The van der Waals surface area contributed by atoms with Gasteiger partial charge in [-0.3, -0.25) is 10.3 Å². The average Bonchev–Trinajstić information content (AvgIpc) is 1.81. The lowest BCUT2D eigenvalue weighted by molar-refractivity contribution is -0.145. The summed E-state index contributed by atoms with van der Waals surface area (Å²) in [5, 5.41) is 15.2. The highest BCUT2D eigenvalue weighted by Crippen LogP contribution is 2.15. The van der Waals surface area contributed by atoms with Gasteiger partial charge in [0.05, 0.1) is 19.7 Å². The molecule has 0 aromatic heterocycles. The van der Waals surface area contributed by atoms with E-state index in [0.717, 1.165) is 4.90 Å². The molecule has 0 saturated carbocycles. The molecule has 0 aliphatic heterocycles. The highest BCUT2D eigenvalue weighted by molar-refractivity contribution is 5.78. The summed E-state index contributed by atoms with van der Waals surface area (Å²) in [5.41, 5.74) is 4.94. The number of alkyl halides is 3. The van der Waals surface area contributed by atoms with Crippen LogP contribution in [0.25, 0.3) is 0 Å². The average molecular weight is 199 g/mol. The smallest absolute Gasteiger partial charge is 0.395 e. The van der Waals surface area contributed by atoms with Crippen molar-refractivity contribution in [1.82, 2.24) is 4.90 Å². The normalized spacial score (nSPS) is 12.1. The van der Waals surface area contributed by atoms with Crippen LogP contribution in [0, 0.1) is 5.41 Å². The predicted molar refractivity (Wildman–Crippen MR) is 41.5 cm³/mol. The lowest BCUT2D eigenvalue weighted by Crippen LogP contribution is -2.41. The van der Waals surface area contributed by atoms with Crippen LogP contribution in [-0.2, 0) is 0 Å². The van der Waals surface area contributed by atoms with Crippen molar-refractivity contribution in [2.45, 2.75) is 6.18 Å². The molecule has 0 spiro atoms. The fourth-order valence-electron chi connectivity index (χ4n) is 0.850. The third kappa shape index (κ3) is 7.54. The van der Waals surface area contributed by atoms with Gasteiger partial charge in [0.1, 0.15) is 5.84 Å². The lowest BCUT2D eigenvalue weighted by atomic mass is 10.4. The zero-order valence-electron chi connectivity index (χ0n) is 6.93. The minimum atomic E-state index is -4.33. The summed E-state index contributed by atoms with van der Waals surface area (Å²) >= 11 is 0. The molecule has 0 aliphatic rings. The Kier molecular flexibility index (Phi) is 4.71. The number of halogens is 3. The van der Waals surface area contributed by atoms with Crippen LogP contribution in [-0.4, -0.2) is 48.3 Å². The number of hydrogen-bond acceptors (Lipinski definition) is 3. The topological polar surface area (TPSA) is 73.3 Å². The molecule has 0 amide bonds. The van der Waals surface area contributed by atoms with Gasteiger partial charge in [0.15, 0.2) is 0 Å². The van der Waals surface area contributed by atoms with Gasteiger partial charge in [-0.05, 0) is 0 Å². The number of aliphatic hydroxyl groups is 1. The van der Waals surface area contributed by atoms with Crippen molar-refractivity contribution in [1.29, 1.82) is 5.41 Å². The van der Waals surface area contributed by atoms with Crippen LogP contribution in [0.15, 0.2) is 0 Å². The Hall–Kier alpha value is -0.820. The molecule has 0 aliphatic carbocycles. The molecule has 0 saturated heterocycles. The van der Waals surface area contributed by atoms with Crippen LogP contribution < -0.4 is 5.73 Å². The van der Waals surface area contributed by atoms with E-state index in [4.69, 9.17) is 16.2 Å². The van der Waals surface area contributed by atoms with Crippen molar-refractivity contribution >= 4 is 5.84 Å². The van der Waals surface area contributed by atoms with E-state index in [2.05, 4.69) is 0 Å². The molecule has 0 bridgehead atoms. The highest BCUT2D eigenvalue weighted by Gasteiger charge is 2.30. The molecule has 78 valence electrons. The quantitative estimate of drug-likeness (QED) is 0.423. The van der Waals surface area contributed by atoms with Gasteiger partial charge < -0.3 is 10.8 Å².